The van der Waals surface area contributed by atoms with Crippen LogP contribution in [0.15, 0.2) is 36.4 Å². The van der Waals surface area contributed by atoms with E-state index in [9.17, 15) is 18.0 Å². The number of benzene rings is 2. The van der Waals surface area contributed by atoms with Gasteiger partial charge in [-0.25, -0.2) is 8.42 Å². The Morgan fingerprint density at radius 3 is 2.06 bits per heavy atom. The molecule has 2 rings (SSSR count). The number of likely N-dealkylation sites (N-methyl/N-ethyl adjacent to an activating group) is 1. The average Bonchev–Trinajstić information content (AvgIpc) is 2.74. The van der Waals surface area contributed by atoms with Crippen LogP contribution in [0.1, 0.15) is 18.9 Å². The van der Waals surface area contributed by atoms with Gasteiger partial charge in [-0.15, -0.1) is 0 Å². The van der Waals surface area contributed by atoms with Crippen molar-refractivity contribution in [3.63, 3.8) is 0 Å². The lowest BCUT2D eigenvalue weighted by Crippen LogP contribution is -2.51. The number of nitrogens with one attached hydrogen (secondary N) is 1. The van der Waals surface area contributed by atoms with Gasteiger partial charge in [0.25, 0.3) is 0 Å². The molecular weight excluding hydrogens is 532 g/mol. The fourth-order valence-corrected chi connectivity index (χ4v) is 5.04. The number of hydrogen-bond donors (Lipinski definition) is 1. The van der Waals surface area contributed by atoms with Crippen LogP contribution in [0.2, 0.25) is 20.1 Å². The van der Waals surface area contributed by atoms with Crippen LogP contribution < -0.4 is 9.62 Å². The van der Waals surface area contributed by atoms with Gasteiger partial charge in [0.2, 0.25) is 21.8 Å². The van der Waals surface area contributed by atoms with Crippen molar-refractivity contribution in [1.29, 1.82) is 0 Å². The van der Waals surface area contributed by atoms with Crippen molar-refractivity contribution >= 4 is 73.9 Å². The molecule has 0 unspecified atom stereocenters. The molecule has 7 nitrogen and oxygen atoms in total. The molecule has 0 fully saturated rings. The first-order valence-corrected chi connectivity index (χ1v) is 13.1. The van der Waals surface area contributed by atoms with E-state index >= 15 is 0 Å². The van der Waals surface area contributed by atoms with Gasteiger partial charge in [-0.1, -0.05) is 65.5 Å². The van der Waals surface area contributed by atoms with E-state index in [1.165, 1.54) is 30.1 Å². The molecule has 0 aliphatic heterocycles. The minimum Gasteiger partial charge on any atom is -0.357 e. The Morgan fingerprint density at radius 1 is 1.00 bits per heavy atom. The SMILES string of the molecule is CC[C@@H](C(=O)NC)N(Cc1c(Cl)cccc1Cl)C(=O)CN(c1cccc(Cl)c1Cl)S(C)(=O)=O. The fourth-order valence-electron chi connectivity index (χ4n) is 3.22. The highest BCUT2D eigenvalue weighted by Crippen LogP contribution is 2.34. The van der Waals surface area contributed by atoms with Crippen LogP contribution in [0.3, 0.4) is 0 Å². The maximum absolute atomic E-state index is 13.5. The molecule has 0 radical (unpaired) electrons. The highest BCUT2D eigenvalue weighted by molar-refractivity contribution is 7.92. The zero-order chi connectivity index (χ0) is 24.9. The predicted octanol–water partition coefficient (Wildman–Crippen LogP) is 4.62. The molecule has 33 heavy (non-hydrogen) atoms. The Kier molecular flexibility index (Phi) is 9.70. The highest BCUT2D eigenvalue weighted by atomic mass is 35.5. The summed E-state index contributed by atoms with van der Waals surface area (Å²) >= 11 is 24.9. The van der Waals surface area contributed by atoms with Crippen LogP contribution >= 0.6 is 46.4 Å². The second-order valence-corrected chi connectivity index (χ2v) is 10.6. The summed E-state index contributed by atoms with van der Waals surface area (Å²) < 4.78 is 26.0. The third-order valence-corrected chi connectivity index (χ3v) is 7.55. The van der Waals surface area contributed by atoms with Crippen molar-refractivity contribution in [2.45, 2.75) is 25.9 Å². The number of halogens is 4. The van der Waals surface area contributed by atoms with E-state index in [1.54, 1.807) is 25.1 Å². The van der Waals surface area contributed by atoms with Crippen molar-refractivity contribution in [3.8, 4) is 0 Å². The molecule has 0 saturated heterocycles. The van der Waals surface area contributed by atoms with Crippen LogP contribution in [0, 0.1) is 0 Å². The summed E-state index contributed by atoms with van der Waals surface area (Å²) in [5, 5.41) is 3.26. The molecule has 0 bridgehead atoms. The van der Waals surface area contributed by atoms with E-state index in [0.29, 0.717) is 15.6 Å². The van der Waals surface area contributed by atoms with E-state index in [-0.39, 0.29) is 28.7 Å². The van der Waals surface area contributed by atoms with Crippen LogP contribution in [-0.4, -0.2) is 51.0 Å². The van der Waals surface area contributed by atoms with Gasteiger partial charge in [0.15, 0.2) is 0 Å². The van der Waals surface area contributed by atoms with Gasteiger partial charge in [-0.3, -0.25) is 13.9 Å². The molecule has 0 heterocycles. The molecular formula is C21H23Cl4N3O4S. The zero-order valence-corrected chi connectivity index (χ0v) is 22.0. The summed E-state index contributed by atoms with van der Waals surface area (Å²) in [4.78, 5) is 27.3. The van der Waals surface area contributed by atoms with E-state index in [2.05, 4.69) is 5.32 Å². The molecule has 1 N–H and O–H groups in total. The number of nitrogens with zero attached hydrogens (tertiary/aromatic N) is 2. The van der Waals surface area contributed by atoms with Gasteiger partial charge in [0.1, 0.15) is 12.6 Å². The van der Waals surface area contributed by atoms with Crippen molar-refractivity contribution in [2.24, 2.45) is 0 Å². The first kappa shape index (κ1) is 27.5. The van der Waals surface area contributed by atoms with Gasteiger partial charge in [-0.2, -0.15) is 0 Å². The first-order chi connectivity index (χ1) is 15.4. The first-order valence-electron chi connectivity index (χ1n) is 9.78. The van der Waals surface area contributed by atoms with Crippen LogP contribution in [0.25, 0.3) is 0 Å². The molecule has 0 saturated carbocycles. The Bertz CT molecular complexity index is 1120. The summed E-state index contributed by atoms with van der Waals surface area (Å²) in [6.07, 6.45) is 1.22. The monoisotopic (exact) mass is 553 g/mol. The summed E-state index contributed by atoms with van der Waals surface area (Å²) in [5.74, 6) is -1.07. The Hall–Kier alpha value is -1.71. The molecule has 0 aromatic heterocycles. The maximum Gasteiger partial charge on any atom is 0.244 e. The van der Waals surface area contributed by atoms with E-state index in [4.69, 9.17) is 46.4 Å². The topological polar surface area (TPSA) is 86.8 Å². The quantitative estimate of drug-likeness (QED) is 0.490. The number of hydrogen-bond acceptors (Lipinski definition) is 4. The highest BCUT2D eigenvalue weighted by Gasteiger charge is 2.32. The smallest absolute Gasteiger partial charge is 0.244 e. The molecule has 0 aliphatic carbocycles. The Morgan fingerprint density at radius 2 is 1.55 bits per heavy atom. The van der Waals surface area contributed by atoms with Gasteiger partial charge >= 0.3 is 0 Å². The molecule has 1 atom stereocenters. The van der Waals surface area contributed by atoms with Crippen molar-refractivity contribution in [1.82, 2.24) is 10.2 Å². The van der Waals surface area contributed by atoms with Crippen molar-refractivity contribution in [3.05, 3.63) is 62.1 Å². The second-order valence-electron chi connectivity index (χ2n) is 7.10. The minimum atomic E-state index is -3.94. The summed E-state index contributed by atoms with van der Waals surface area (Å²) in [6.45, 7) is 1.01. The van der Waals surface area contributed by atoms with E-state index in [1.807, 2.05) is 0 Å². The van der Waals surface area contributed by atoms with E-state index in [0.717, 1.165) is 10.6 Å². The molecule has 2 aromatic rings. The lowest BCUT2D eigenvalue weighted by molar-refractivity contribution is -0.140. The lowest BCUT2D eigenvalue weighted by Gasteiger charge is -2.33. The maximum atomic E-state index is 13.5. The van der Waals surface area contributed by atoms with Gasteiger partial charge in [0.05, 0.1) is 22.0 Å². The lowest BCUT2D eigenvalue weighted by atomic mass is 10.1. The molecule has 0 spiro atoms. The van der Waals surface area contributed by atoms with Crippen LogP contribution in [0.5, 0.6) is 0 Å². The Balaban J connectivity index is 2.54. The van der Waals surface area contributed by atoms with Crippen LogP contribution in [0.4, 0.5) is 5.69 Å². The average molecular weight is 555 g/mol. The molecule has 2 aromatic carbocycles. The van der Waals surface area contributed by atoms with Gasteiger partial charge in [0, 0.05) is 29.2 Å². The largest absolute Gasteiger partial charge is 0.357 e. The van der Waals surface area contributed by atoms with Crippen molar-refractivity contribution in [2.75, 3.05) is 24.2 Å². The molecule has 2 amide bonds. The van der Waals surface area contributed by atoms with E-state index < -0.39 is 34.4 Å². The number of carbonyl (C=O) groups excluding carboxylic acids is 2. The molecule has 12 heteroatoms. The number of carbonyl (C=O) groups is 2. The van der Waals surface area contributed by atoms with Gasteiger partial charge in [-0.05, 0) is 30.7 Å². The Labute approximate surface area is 213 Å². The van der Waals surface area contributed by atoms with Crippen molar-refractivity contribution < 1.29 is 18.0 Å². The standard InChI is InChI=1S/C21H23Cl4N3O4S/c1-4-17(21(30)26-2)27(11-13-14(22)7-5-8-15(13)23)19(29)12-28(33(3,31)32)18-10-6-9-16(24)20(18)25/h5-10,17H,4,11-12H2,1-3H3,(H,26,30)/t17-/m0/s1. The molecule has 180 valence electrons. The minimum absolute atomic E-state index is 0.0172. The van der Waals surface area contributed by atoms with Gasteiger partial charge < -0.3 is 10.2 Å². The fraction of sp³-hybridized carbons (Fsp3) is 0.333. The second kappa shape index (κ2) is 11.6. The number of anilines is 1. The van der Waals surface area contributed by atoms with Crippen LogP contribution in [-0.2, 0) is 26.2 Å². The zero-order valence-electron chi connectivity index (χ0n) is 18.1. The number of rotatable bonds is 9. The molecule has 0 aliphatic rings. The predicted molar refractivity (Wildman–Crippen MR) is 134 cm³/mol. The summed E-state index contributed by atoms with van der Waals surface area (Å²) in [5.41, 5.74) is 0.479. The third-order valence-electron chi connectivity index (χ3n) is 4.90. The number of amides is 2. The normalized spacial score (nSPS) is 12.2. The summed E-state index contributed by atoms with van der Waals surface area (Å²) in [6, 6.07) is 8.44. The number of sulfonamides is 1. The third kappa shape index (κ3) is 6.67. The summed E-state index contributed by atoms with van der Waals surface area (Å²) in [7, 11) is -2.49.